The molecule has 5 aromatic rings. The first-order chi connectivity index (χ1) is 17.1. The summed E-state index contributed by atoms with van der Waals surface area (Å²) in [5.74, 6) is 1.17. The number of hydrogen-bond donors (Lipinski definition) is 0. The van der Waals surface area contributed by atoms with Crippen LogP contribution in [0.25, 0.3) is 22.3 Å². The molecule has 0 bridgehead atoms. The zero-order chi connectivity index (χ0) is 24.2. The van der Waals surface area contributed by atoms with Gasteiger partial charge in [-0.3, -0.25) is 4.79 Å². The van der Waals surface area contributed by atoms with Crippen LogP contribution in [-0.4, -0.2) is 15.9 Å². The van der Waals surface area contributed by atoms with Crippen LogP contribution in [0.2, 0.25) is 0 Å². The Bertz CT molecular complexity index is 1560. The van der Waals surface area contributed by atoms with Crippen LogP contribution in [0.3, 0.4) is 0 Å². The van der Waals surface area contributed by atoms with Crippen molar-refractivity contribution in [2.75, 3.05) is 0 Å². The monoisotopic (exact) mass is 587 g/mol. The fourth-order valence-electron chi connectivity index (χ4n) is 3.65. The summed E-state index contributed by atoms with van der Waals surface area (Å²) >= 11 is 7.20. The van der Waals surface area contributed by atoms with Gasteiger partial charge in [-0.05, 0) is 67.3 Å². The molecule has 0 spiro atoms. The van der Waals surface area contributed by atoms with Gasteiger partial charge in [0.15, 0.2) is 5.82 Å². The third-order valence-electron chi connectivity index (χ3n) is 5.35. The Morgan fingerprint density at radius 2 is 1.49 bits per heavy atom. The molecule has 0 aliphatic rings. The highest BCUT2D eigenvalue weighted by atomic mass is 79.9. The summed E-state index contributed by atoms with van der Waals surface area (Å²) in [6.07, 6.45) is 1.64. The van der Waals surface area contributed by atoms with E-state index in [2.05, 4.69) is 37.0 Å². The predicted molar refractivity (Wildman–Crippen MR) is 147 cm³/mol. The first-order valence-corrected chi connectivity index (χ1v) is 12.5. The molecule has 0 aliphatic carbocycles. The van der Waals surface area contributed by atoms with E-state index in [0.717, 1.165) is 25.6 Å². The maximum absolute atomic E-state index is 13.3. The van der Waals surface area contributed by atoms with Gasteiger partial charge >= 0.3 is 0 Å². The fourth-order valence-corrected chi connectivity index (χ4v) is 5.10. The molecule has 1 heterocycles. The van der Waals surface area contributed by atoms with Crippen molar-refractivity contribution >= 4 is 49.0 Å². The van der Waals surface area contributed by atoms with Crippen LogP contribution in [0.4, 0.5) is 0 Å². The van der Waals surface area contributed by atoms with E-state index in [9.17, 15) is 4.79 Å². The van der Waals surface area contributed by atoms with Gasteiger partial charge in [0.05, 0.1) is 26.1 Å². The van der Waals surface area contributed by atoms with E-state index in [4.69, 9.17) is 9.72 Å². The van der Waals surface area contributed by atoms with Gasteiger partial charge in [0.25, 0.3) is 5.56 Å². The lowest BCUT2D eigenvalue weighted by Gasteiger charge is -2.12. The molecular weight excluding hydrogens is 570 g/mol. The van der Waals surface area contributed by atoms with Crippen molar-refractivity contribution < 1.29 is 4.74 Å². The minimum Gasteiger partial charge on any atom is -0.487 e. The lowest BCUT2D eigenvalue weighted by atomic mass is 10.2. The Balaban J connectivity index is 1.51. The average Bonchev–Trinajstić information content (AvgIpc) is 2.89. The number of rotatable bonds is 6. The smallest absolute Gasteiger partial charge is 0.282 e. The Labute approximate surface area is 219 Å². The highest BCUT2D eigenvalue weighted by molar-refractivity contribution is 9.11. The van der Waals surface area contributed by atoms with E-state index in [0.29, 0.717) is 29.1 Å². The quantitative estimate of drug-likeness (QED) is 0.200. The predicted octanol–water partition coefficient (Wildman–Crippen LogP) is 7.05. The van der Waals surface area contributed by atoms with Crippen LogP contribution in [0, 0.1) is 0 Å². The van der Waals surface area contributed by atoms with Crippen molar-refractivity contribution in [1.82, 2.24) is 9.66 Å². The molecule has 5 nitrogen and oxygen atoms in total. The molecule has 7 heteroatoms. The summed E-state index contributed by atoms with van der Waals surface area (Å²) in [4.78, 5) is 18.1. The van der Waals surface area contributed by atoms with E-state index < -0.39 is 0 Å². The van der Waals surface area contributed by atoms with Gasteiger partial charge in [-0.25, -0.2) is 4.98 Å². The number of benzene rings is 4. The minimum absolute atomic E-state index is 0.230. The molecule has 0 saturated heterocycles. The summed E-state index contributed by atoms with van der Waals surface area (Å²) < 4.78 is 8.91. The Morgan fingerprint density at radius 1 is 0.857 bits per heavy atom. The zero-order valence-electron chi connectivity index (χ0n) is 18.4. The number of hydrogen-bond acceptors (Lipinski definition) is 4. The van der Waals surface area contributed by atoms with Gasteiger partial charge in [-0.2, -0.15) is 9.78 Å². The molecule has 35 heavy (non-hydrogen) atoms. The number of ether oxygens (including phenoxy) is 1. The maximum atomic E-state index is 13.3. The number of halogens is 2. The first kappa shape index (κ1) is 23.2. The van der Waals surface area contributed by atoms with Crippen LogP contribution >= 0.6 is 31.9 Å². The number of nitrogens with zero attached hydrogens (tertiary/aromatic N) is 3. The van der Waals surface area contributed by atoms with Crippen LogP contribution < -0.4 is 10.3 Å². The van der Waals surface area contributed by atoms with Crippen molar-refractivity contribution in [3.8, 4) is 17.1 Å². The van der Waals surface area contributed by atoms with Crippen molar-refractivity contribution in [3.63, 3.8) is 0 Å². The van der Waals surface area contributed by atoms with Gasteiger partial charge in [-0.15, -0.1) is 0 Å². The highest BCUT2D eigenvalue weighted by Gasteiger charge is 2.13. The Morgan fingerprint density at radius 3 is 2.20 bits per heavy atom. The van der Waals surface area contributed by atoms with Crippen LogP contribution in [0.1, 0.15) is 11.1 Å². The maximum Gasteiger partial charge on any atom is 0.282 e. The van der Waals surface area contributed by atoms with Crippen LogP contribution in [-0.2, 0) is 6.61 Å². The van der Waals surface area contributed by atoms with E-state index in [1.165, 1.54) is 4.68 Å². The van der Waals surface area contributed by atoms with Crippen molar-refractivity contribution in [2.45, 2.75) is 6.61 Å². The molecule has 0 unspecified atom stereocenters. The molecule has 0 N–H and O–H groups in total. The van der Waals surface area contributed by atoms with Gasteiger partial charge in [-0.1, -0.05) is 72.8 Å². The highest BCUT2D eigenvalue weighted by Crippen LogP contribution is 2.35. The molecule has 5 rings (SSSR count). The summed E-state index contributed by atoms with van der Waals surface area (Å²) in [7, 11) is 0. The number of fused-ring (bicyclic) bond motifs is 1. The third kappa shape index (κ3) is 5.11. The molecule has 0 amide bonds. The Kier molecular flexibility index (Phi) is 6.88. The van der Waals surface area contributed by atoms with Crippen molar-refractivity contribution in [3.05, 3.63) is 127 Å². The normalized spacial score (nSPS) is 11.3. The molecular formula is C28H19Br2N3O2. The van der Waals surface area contributed by atoms with Crippen molar-refractivity contribution in [1.29, 1.82) is 0 Å². The van der Waals surface area contributed by atoms with E-state index in [1.54, 1.807) is 12.3 Å². The minimum atomic E-state index is -0.230. The standard InChI is InChI=1S/C28H19Br2N3O2/c29-23-15-20(16-24(30)26(23)35-18-19-9-3-1-4-10-19)17-31-33-27(21-11-5-2-6-12-21)32-25-14-8-7-13-22(25)28(33)34/h1-17H,18H2. The average molecular weight is 589 g/mol. The second-order valence-corrected chi connectivity index (χ2v) is 9.48. The third-order valence-corrected chi connectivity index (χ3v) is 6.53. The fraction of sp³-hybridized carbons (Fsp3) is 0.0357. The summed E-state index contributed by atoms with van der Waals surface area (Å²) in [5.41, 5.74) is 3.07. The van der Waals surface area contributed by atoms with Crippen molar-refractivity contribution in [2.24, 2.45) is 5.10 Å². The SMILES string of the molecule is O=c1c2ccccc2nc(-c2ccccc2)n1N=Cc1cc(Br)c(OCc2ccccc2)c(Br)c1. The molecule has 0 radical (unpaired) electrons. The van der Waals surface area contributed by atoms with Gasteiger partial charge < -0.3 is 4.74 Å². The van der Waals surface area contributed by atoms with Gasteiger partial charge in [0.1, 0.15) is 12.4 Å². The van der Waals surface area contributed by atoms with Crippen LogP contribution in [0.15, 0.2) is 116 Å². The second-order valence-electron chi connectivity index (χ2n) is 7.77. The second kappa shape index (κ2) is 10.4. The molecule has 172 valence electrons. The van der Waals surface area contributed by atoms with E-state index in [1.807, 2.05) is 91.0 Å². The van der Waals surface area contributed by atoms with E-state index >= 15 is 0 Å². The van der Waals surface area contributed by atoms with Gasteiger partial charge in [0, 0.05) is 5.56 Å². The zero-order valence-corrected chi connectivity index (χ0v) is 21.6. The van der Waals surface area contributed by atoms with Gasteiger partial charge in [0.2, 0.25) is 0 Å². The lowest BCUT2D eigenvalue weighted by molar-refractivity contribution is 0.302. The summed E-state index contributed by atoms with van der Waals surface area (Å²) in [5, 5.41) is 5.05. The largest absolute Gasteiger partial charge is 0.487 e. The Hall–Kier alpha value is -3.55. The first-order valence-electron chi connectivity index (χ1n) is 10.9. The van der Waals surface area contributed by atoms with Crippen LogP contribution in [0.5, 0.6) is 5.75 Å². The molecule has 0 fully saturated rings. The van der Waals surface area contributed by atoms with E-state index in [-0.39, 0.29) is 5.56 Å². The summed E-state index contributed by atoms with van der Waals surface area (Å²) in [6.45, 7) is 0.448. The molecule has 1 aromatic heterocycles. The number of aromatic nitrogens is 2. The molecule has 0 atom stereocenters. The molecule has 0 aliphatic heterocycles. The molecule has 4 aromatic carbocycles. The summed E-state index contributed by atoms with van der Waals surface area (Å²) in [6, 6.07) is 30.6. The number of para-hydroxylation sites is 1. The lowest BCUT2D eigenvalue weighted by Crippen LogP contribution is -2.20. The topological polar surface area (TPSA) is 56.5 Å². The molecule has 0 saturated carbocycles.